The molecule has 0 bridgehead atoms. The molecule has 4 heterocycles. The number of H-pyrrole nitrogens is 1. The molecule has 0 radical (unpaired) electrons. The van der Waals surface area contributed by atoms with Gasteiger partial charge in [-0.05, 0) is 25.7 Å². The maximum absolute atomic E-state index is 12.9. The van der Waals surface area contributed by atoms with Gasteiger partial charge >= 0.3 is 0 Å². The second-order valence-electron chi connectivity index (χ2n) is 8.37. The lowest BCUT2D eigenvalue weighted by Crippen LogP contribution is -2.45. The molecule has 2 saturated heterocycles. The molecule has 30 heavy (non-hydrogen) atoms. The first kappa shape index (κ1) is 19.3. The van der Waals surface area contributed by atoms with E-state index in [2.05, 4.69) is 14.9 Å². The molecule has 1 amide bonds. The Labute approximate surface area is 174 Å². The summed E-state index contributed by atoms with van der Waals surface area (Å²) in [6.07, 6.45) is 5.26. The summed E-state index contributed by atoms with van der Waals surface area (Å²) in [6, 6.07) is 0. The van der Waals surface area contributed by atoms with Crippen molar-refractivity contribution < 1.29 is 13.9 Å². The molecule has 1 aliphatic carbocycles. The highest BCUT2D eigenvalue weighted by molar-refractivity contribution is 5.93. The molecule has 2 aliphatic heterocycles. The van der Waals surface area contributed by atoms with E-state index in [4.69, 9.17) is 14.1 Å². The van der Waals surface area contributed by atoms with Crippen LogP contribution in [0.4, 0.5) is 5.95 Å². The van der Waals surface area contributed by atoms with Crippen LogP contribution in [0.25, 0.3) is 0 Å². The van der Waals surface area contributed by atoms with Gasteiger partial charge < -0.3 is 19.0 Å². The summed E-state index contributed by atoms with van der Waals surface area (Å²) in [5.41, 5.74) is 2.03. The smallest absolute Gasteiger partial charge is 0.276 e. The predicted molar refractivity (Wildman–Crippen MR) is 109 cm³/mol. The number of amides is 1. The topological polar surface area (TPSA) is 105 Å². The van der Waals surface area contributed by atoms with Crippen LogP contribution in [0.3, 0.4) is 0 Å². The molecule has 160 valence electrons. The van der Waals surface area contributed by atoms with Crippen molar-refractivity contribution in [1.82, 2.24) is 19.9 Å². The molecule has 2 fully saturated rings. The van der Waals surface area contributed by atoms with E-state index in [1.54, 1.807) is 0 Å². The minimum Gasteiger partial charge on any atom is -0.448 e. The molecule has 0 aromatic carbocycles. The molecule has 3 aliphatic rings. The Morgan fingerprint density at radius 3 is 2.70 bits per heavy atom. The van der Waals surface area contributed by atoms with Crippen LogP contribution in [0.15, 0.2) is 15.6 Å². The second kappa shape index (κ2) is 7.54. The predicted octanol–water partition coefficient (Wildman–Crippen LogP) is 1.28. The van der Waals surface area contributed by atoms with E-state index in [-0.39, 0.29) is 16.9 Å². The average Bonchev–Trinajstić information content (AvgIpc) is 3.40. The van der Waals surface area contributed by atoms with Crippen molar-refractivity contribution in [3.8, 4) is 0 Å². The van der Waals surface area contributed by atoms with Crippen molar-refractivity contribution in [2.75, 3.05) is 44.3 Å². The molecule has 0 unspecified atom stereocenters. The number of hydrogen-bond acceptors (Lipinski definition) is 7. The van der Waals surface area contributed by atoms with E-state index < -0.39 is 0 Å². The fraction of sp³-hybridized carbons (Fsp3) is 0.619. The number of oxazole rings is 1. The number of fused-ring (bicyclic) bond motifs is 2. The summed E-state index contributed by atoms with van der Waals surface area (Å²) in [7, 11) is 0. The molecule has 1 N–H and O–H groups in total. The lowest BCUT2D eigenvalue weighted by atomic mass is 9.76. The molecule has 9 nitrogen and oxygen atoms in total. The number of morpholine rings is 1. The SMILES string of the molecule is CCc1ocnc1C(=O)N1CCC2(CCc3c2nc(N2CCOCC2)[nH]c3=O)CC1. The van der Waals surface area contributed by atoms with Crippen LogP contribution in [0, 0.1) is 0 Å². The van der Waals surface area contributed by atoms with Gasteiger partial charge in [0.1, 0.15) is 5.76 Å². The van der Waals surface area contributed by atoms with Crippen LogP contribution < -0.4 is 10.5 Å². The number of hydrogen-bond donors (Lipinski definition) is 1. The molecular weight excluding hydrogens is 386 g/mol. The summed E-state index contributed by atoms with van der Waals surface area (Å²) >= 11 is 0. The van der Waals surface area contributed by atoms with Gasteiger partial charge in [-0.15, -0.1) is 0 Å². The van der Waals surface area contributed by atoms with E-state index in [0.29, 0.717) is 50.1 Å². The Balaban J connectivity index is 1.37. The molecular formula is C21H27N5O4. The van der Waals surface area contributed by atoms with Gasteiger partial charge in [0, 0.05) is 43.6 Å². The van der Waals surface area contributed by atoms with E-state index in [1.165, 1.54) is 6.39 Å². The maximum Gasteiger partial charge on any atom is 0.276 e. The number of likely N-dealkylation sites (tertiary alicyclic amines) is 1. The molecule has 1 spiro atoms. The van der Waals surface area contributed by atoms with Gasteiger partial charge in [0.25, 0.3) is 11.5 Å². The van der Waals surface area contributed by atoms with Crippen LogP contribution in [0.5, 0.6) is 0 Å². The highest BCUT2D eigenvalue weighted by atomic mass is 16.5. The van der Waals surface area contributed by atoms with Crippen molar-refractivity contribution in [2.24, 2.45) is 0 Å². The number of rotatable bonds is 3. The summed E-state index contributed by atoms with van der Waals surface area (Å²) in [4.78, 5) is 41.7. The molecule has 5 rings (SSSR count). The largest absolute Gasteiger partial charge is 0.448 e. The molecule has 2 aromatic heterocycles. The quantitative estimate of drug-likeness (QED) is 0.808. The third kappa shape index (κ3) is 3.12. The Morgan fingerprint density at radius 2 is 1.97 bits per heavy atom. The van der Waals surface area contributed by atoms with Gasteiger partial charge in [-0.3, -0.25) is 14.6 Å². The lowest BCUT2D eigenvalue weighted by molar-refractivity contribution is 0.0656. The third-order valence-electron chi connectivity index (χ3n) is 6.84. The van der Waals surface area contributed by atoms with Crippen molar-refractivity contribution in [3.63, 3.8) is 0 Å². The summed E-state index contributed by atoms with van der Waals surface area (Å²) in [5.74, 6) is 1.22. The van der Waals surface area contributed by atoms with Crippen LogP contribution >= 0.6 is 0 Å². The van der Waals surface area contributed by atoms with Gasteiger partial charge in [-0.1, -0.05) is 6.92 Å². The lowest BCUT2D eigenvalue weighted by Gasteiger charge is -2.39. The number of piperidine rings is 1. The van der Waals surface area contributed by atoms with Crippen LogP contribution in [-0.2, 0) is 23.0 Å². The fourth-order valence-electron chi connectivity index (χ4n) is 5.03. The summed E-state index contributed by atoms with van der Waals surface area (Å²) in [5, 5.41) is 0. The van der Waals surface area contributed by atoms with E-state index >= 15 is 0 Å². The fourth-order valence-corrected chi connectivity index (χ4v) is 5.03. The molecule has 0 atom stereocenters. The number of anilines is 1. The number of nitrogens with zero attached hydrogens (tertiary/aromatic N) is 4. The molecule has 0 saturated carbocycles. The highest BCUT2D eigenvalue weighted by Crippen LogP contribution is 2.44. The summed E-state index contributed by atoms with van der Waals surface area (Å²) in [6.45, 7) is 5.97. The van der Waals surface area contributed by atoms with Gasteiger partial charge in [0.2, 0.25) is 5.95 Å². The zero-order valence-corrected chi connectivity index (χ0v) is 17.3. The third-order valence-corrected chi connectivity index (χ3v) is 6.84. The standard InChI is InChI=1S/C21H27N5O4/c1-2-15-16(22-13-30-15)19(28)25-7-5-21(6-8-25)4-3-14-17(21)23-20(24-18(14)27)26-9-11-29-12-10-26/h13H,2-12H2,1H3,(H,23,24,27). The van der Waals surface area contributed by atoms with Gasteiger partial charge in [-0.2, -0.15) is 0 Å². The number of carbonyl (C=O) groups is 1. The monoisotopic (exact) mass is 413 g/mol. The summed E-state index contributed by atoms with van der Waals surface area (Å²) < 4.78 is 10.8. The van der Waals surface area contributed by atoms with Crippen molar-refractivity contribution in [2.45, 2.75) is 44.4 Å². The minimum absolute atomic E-state index is 0.0212. The van der Waals surface area contributed by atoms with Gasteiger partial charge in [-0.25, -0.2) is 9.97 Å². The Hall–Kier alpha value is -2.68. The highest BCUT2D eigenvalue weighted by Gasteiger charge is 2.45. The number of nitrogens with one attached hydrogen (secondary N) is 1. The van der Waals surface area contributed by atoms with Gasteiger partial charge in [0.15, 0.2) is 12.1 Å². The van der Waals surface area contributed by atoms with Crippen molar-refractivity contribution >= 4 is 11.9 Å². The average molecular weight is 413 g/mol. The number of aromatic nitrogens is 3. The zero-order valence-electron chi connectivity index (χ0n) is 17.3. The van der Waals surface area contributed by atoms with Crippen molar-refractivity contribution in [1.29, 1.82) is 0 Å². The molecule has 2 aromatic rings. The van der Waals surface area contributed by atoms with Gasteiger partial charge in [0.05, 0.1) is 18.9 Å². The van der Waals surface area contributed by atoms with Crippen LogP contribution in [-0.4, -0.2) is 65.2 Å². The minimum atomic E-state index is -0.126. The number of aromatic amines is 1. The first-order valence-electron chi connectivity index (χ1n) is 10.8. The Bertz CT molecular complexity index is 999. The van der Waals surface area contributed by atoms with E-state index in [1.807, 2.05) is 11.8 Å². The molecule has 9 heteroatoms. The van der Waals surface area contributed by atoms with E-state index in [9.17, 15) is 9.59 Å². The van der Waals surface area contributed by atoms with Crippen LogP contribution in [0.2, 0.25) is 0 Å². The number of carbonyl (C=O) groups excluding carboxylic acids is 1. The van der Waals surface area contributed by atoms with Crippen molar-refractivity contribution in [3.05, 3.63) is 39.5 Å². The first-order valence-corrected chi connectivity index (χ1v) is 10.8. The zero-order chi connectivity index (χ0) is 20.7. The Morgan fingerprint density at radius 1 is 1.20 bits per heavy atom. The maximum atomic E-state index is 12.9. The number of aryl methyl sites for hydroxylation is 1. The van der Waals surface area contributed by atoms with Crippen LogP contribution in [0.1, 0.15) is 53.7 Å². The number of ether oxygens (including phenoxy) is 1. The second-order valence-corrected chi connectivity index (χ2v) is 8.37. The Kier molecular flexibility index (Phi) is 4.85. The first-order chi connectivity index (χ1) is 14.6. The normalized spacial score (nSPS) is 20.6. The van der Waals surface area contributed by atoms with E-state index in [0.717, 1.165) is 50.0 Å².